The summed E-state index contributed by atoms with van der Waals surface area (Å²) in [5.74, 6) is 0.0786. The van der Waals surface area contributed by atoms with E-state index in [-0.39, 0.29) is 24.9 Å². The summed E-state index contributed by atoms with van der Waals surface area (Å²) in [6.45, 7) is 1.23. The molecule has 0 bridgehead atoms. The number of halogens is 6. The number of benzene rings is 1. The molecule has 1 fully saturated rings. The zero-order valence-electron chi connectivity index (χ0n) is 15.7. The largest absolute Gasteiger partial charge is 0.433 e. The molecule has 5 nitrogen and oxygen atoms in total. The lowest BCUT2D eigenvalue weighted by Gasteiger charge is -2.36. The number of piperazine rings is 1. The van der Waals surface area contributed by atoms with Crippen molar-refractivity contribution in [2.24, 2.45) is 0 Å². The molecule has 1 aromatic heterocycles. The minimum atomic E-state index is -4.61. The molecule has 1 aliphatic heterocycles. The van der Waals surface area contributed by atoms with Crippen molar-refractivity contribution in [3.8, 4) is 0 Å². The molecular weight excluding hydrogens is 400 g/mol. The number of aromatic nitrogens is 2. The topological polar surface area (TPSA) is 35.5 Å². The summed E-state index contributed by atoms with van der Waals surface area (Å²) in [5, 5.41) is 0. The monoisotopic (exact) mass is 419 g/mol. The van der Waals surface area contributed by atoms with E-state index < -0.39 is 23.6 Å². The highest BCUT2D eigenvalue weighted by atomic mass is 19.4. The molecule has 0 unspecified atom stereocenters. The molecule has 0 radical (unpaired) electrons. The van der Waals surface area contributed by atoms with E-state index in [1.807, 2.05) is 0 Å². The fraction of sp³-hybridized carbons (Fsp3) is 0.444. The predicted octanol–water partition coefficient (Wildman–Crippen LogP) is 3.91. The van der Waals surface area contributed by atoms with Crippen LogP contribution in [0.25, 0.3) is 0 Å². The summed E-state index contributed by atoms with van der Waals surface area (Å²) in [6.07, 6.45) is -9.05. The molecule has 3 rings (SSSR count). The van der Waals surface area contributed by atoms with E-state index in [0.29, 0.717) is 18.8 Å². The average molecular weight is 419 g/mol. The van der Waals surface area contributed by atoms with Gasteiger partial charge in [-0.25, -0.2) is 4.98 Å². The molecule has 0 spiro atoms. The number of nitrogens with zero attached hydrogens (tertiary/aromatic N) is 5. The van der Waals surface area contributed by atoms with Crippen molar-refractivity contribution < 1.29 is 26.3 Å². The van der Waals surface area contributed by atoms with E-state index in [1.54, 1.807) is 30.0 Å². The molecule has 2 aromatic rings. The third-order valence-electron chi connectivity index (χ3n) is 4.55. The van der Waals surface area contributed by atoms with Gasteiger partial charge in [-0.15, -0.1) is 0 Å². The van der Waals surface area contributed by atoms with Gasteiger partial charge in [-0.05, 0) is 18.2 Å². The highest BCUT2D eigenvalue weighted by Gasteiger charge is 2.35. The van der Waals surface area contributed by atoms with Crippen LogP contribution >= 0.6 is 0 Å². The van der Waals surface area contributed by atoms with Gasteiger partial charge in [0, 0.05) is 52.0 Å². The Bertz CT molecular complexity index is 857. The maximum Gasteiger partial charge on any atom is 0.433 e. The smallest absolute Gasteiger partial charge is 0.368 e. The molecule has 29 heavy (non-hydrogen) atoms. The molecule has 1 aliphatic rings. The number of hydrogen-bond donors (Lipinski definition) is 0. The molecule has 1 aromatic carbocycles. The van der Waals surface area contributed by atoms with Crippen molar-refractivity contribution in [2.45, 2.75) is 12.4 Å². The maximum absolute atomic E-state index is 13.2. The van der Waals surface area contributed by atoms with Crippen molar-refractivity contribution in [3.63, 3.8) is 0 Å². The van der Waals surface area contributed by atoms with Gasteiger partial charge in [0.05, 0.1) is 5.56 Å². The summed E-state index contributed by atoms with van der Waals surface area (Å²) < 4.78 is 78.3. The Morgan fingerprint density at radius 1 is 0.828 bits per heavy atom. The average Bonchev–Trinajstić information content (AvgIpc) is 2.66. The molecule has 11 heteroatoms. The first-order chi connectivity index (χ1) is 13.4. The van der Waals surface area contributed by atoms with Gasteiger partial charge >= 0.3 is 12.4 Å². The van der Waals surface area contributed by atoms with Crippen LogP contribution in [0.5, 0.6) is 0 Å². The van der Waals surface area contributed by atoms with E-state index in [0.717, 1.165) is 18.2 Å². The van der Waals surface area contributed by atoms with Gasteiger partial charge in [-0.3, -0.25) is 0 Å². The fourth-order valence-corrected chi connectivity index (χ4v) is 2.98. The first-order valence-electron chi connectivity index (χ1n) is 8.76. The normalized spacial score (nSPS) is 15.6. The molecule has 2 heterocycles. The van der Waals surface area contributed by atoms with Crippen LogP contribution in [0, 0.1) is 0 Å². The van der Waals surface area contributed by atoms with E-state index in [4.69, 9.17) is 0 Å². The maximum atomic E-state index is 13.2. The highest BCUT2D eigenvalue weighted by Crippen LogP contribution is 2.33. The van der Waals surface area contributed by atoms with Crippen molar-refractivity contribution in [1.29, 1.82) is 0 Å². The molecule has 0 atom stereocenters. The van der Waals surface area contributed by atoms with Gasteiger partial charge in [-0.2, -0.15) is 31.3 Å². The SMILES string of the molecule is CN(C)c1cc(C(F)(F)F)nc(N2CCN(c3cccc(C(F)(F)F)c3)CC2)n1. The molecule has 1 saturated heterocycles. The lowest BCUT2D eigenvalue weighted by atomic mass is 10.1. The number of anilines is 3. The number of alkyl halides is 6. The quantitative estimate of drug-likeness (QED) is 0.706. The summed E-state index contributed by atoms with van der Waals surface area (Å²) >= 11 is 0. The van der Waals surface area contributed by atoms with Gasteiger partial charge in [0.25, 0.3) is 0 Å². The Kier molecular flexibility index (Phi) is 5.50. The van der Waals surface area contributed by atoms with Gasteiger partial charge in [0.2, 0.25) is 5.95 Å². The predicted molar refractivity (Wildman–Crippen MR) is 97.2 cm³/mol. The summed E-state index contributed by atoms with van der Waals surface area (Å²) in [5.41, 5.74) is -1.36. The van der Waals surface area contributed by atoms with Crippen LogP contribution in [0.3, 0.4) is 0 Å². The van der Waals surface area contributed by atoms with Crippen LogP contribution in [-0.2, 0) is 12.4 Å². The lowest BCUT2D eigenvalue weighted by Crippen LogP contribution is -2.47. The minimum Gasteiger partial charge on any atom is -0.368 e. The van der Waals surface area contributed by atoms with Crippen LogP contribution in [0.2, 0.25) is 0 Å². The second kappa shape index (κ2) is 7.60. The van der Waals surface area contributed by atoms with Gasteiger partial charge < -0.3 is 14.7 Å². The number of rotatable bonds is 3. The molecule has 0 saturated carbocycles. The third kappa shape index (κ3) is 4.83. The highest BCUT2D eigenvalue weighted by molar-refractivity contribution is 5.52. The van der Waals surface area contributed by atoms with E-state index in [9.17, 15) is 26.3 Å². The standard InChI is InChI=1S/C18H19F6N5/c1-27(2)15-11-14(18(22,23)24)25-16(26-15)29-8-6-28(7-9-29)13-5-3-4-12(10-13)17(19,20)21/h3-5,10-11H,6-9H2,1-2H3. The first-order valence-corrected chi connectivity index (χ1v) is 8.76. The molecular formula is C18H19F6N5. The second-order valence-electron chi connectivity index (χ2n) is 6.83. The van der Waals surface area contributed by atoms with Crippen molar-refractivity contribution in [2.75, 3.05) is 55.0 Å². The molecule has 0 amide bonds. The van der Waals surface area contributed by atoms with Crippen LogP contribution < -0.4 is 14.7 Å². The van der Waals surface area contributed by atoms with E-state index in [1.165, 1.54) is 11.0 Å². The summed E-state index contributed by atoms with van der Waals surface area (Å²) in [4.78, 5) is 12.7. The molecule has 0 N–H and O–H groups in total. The van der Waals surface area contributed by atoms with Crippen LogP contribution in [-0.4, -0.2) is 50.2 Å². The lowest BCUT2D eigenvalue weighted by molar-refractivity contribution is -0.141. The number of hydrogen-bond acceptors (Lipinski definition) is 5. The molecule has 0 aliphatic carbocycles. The summed E-state index contributed by atoms with van der Waals surface area (Å²) in [6, 6.07) is 5.86. The Labute approximate surface area is 163 Å². The first kappa shape index (κ1) is 21.0. The molecule has 158 valence electrons. The third-order valence-corrected chi connectivity index (χ3v) is 4.55. The van der Waals surface area contributed by atoms with Crippen molar-refractivity contribution >= 4 is 17.5 Å². The van der Waals surface area contributed by atoms with Gasteiger partial charge in [0.15, 0.2) is 5.69 Å². The fourth-order valence-electron chi connectivity index (χ4n) is 2.98. The Morgan fingerprint density at radius 3 is 2.00 bits per heavy atom. The van der Waals surface area contributed by atoms with Gasteiger partial charge in [-0.1, -0.05) is 6.07 Å². The Morgan fingerprint density at radius 2 is 1.45 bits per heavy atom. The van der Waals surface area contributed by atoms with Crippen LogP contribution in [0.15, 0.2) is 30.3 Å². The van der Waals surface area contributed by atoms with E-state index in [2.05, 4.69) is 9.97 Å². The van der Waals surface area contributed by atoms with Crippen LogP contribution in [0.1, 0.15) is 11.3 Å². The second-order valence-corrected chi connectivity index (χ2v) is 6.83. The minimum absolute atomic E-state index is 0.0489. The van der Waals surface area contributed by atoms with Gasteiger partial charge in [0.1, 0.15) is 5.82 Å². The van der Waals surface area contributed by atoms with Crippen molar-refractivity contribution in [3.05, 3.63) is 41.6 Å². The van der Waals surface area contributed by atoms with Crippen molar-refractivity contribution in [1.82, 2.24) is 9.97 Å². The zero-order chi connectivity index (χ0) is 21.4. The van der Waals surface area contributed by atoms with Crippen LogP contribution in [0.4, 0.5) is 43.8 Å². The zero-order valence-corrected chi connectivity index (χ0v) is 15.7. The summed E-state index contributed by atoms with van der Waals surface area (Å²) in [7, 11) is 3.16. The Balaban J connectivity index is 1.78. The Hall–Kier alpha value is -2.72. The van der Waals surface area contributed by atoms with E-state index >= 15 is 0 Å².